The molecule has 0 aliphatic heterocycles. The second-order valence-electron chi connectivity index (χ2n) is 5.65. The van der Waals surface area contributed by atoms with Crippen molar-refractivity contribution < 1.29 is 0 Å². The van der Waals surface area contributed by atoms with Crippen LogP contribution in [0.4, 0.5) is 0 Å². The summed E-state index contributed by atoms with van der Waals surface area (Å²) in [6.07, 6.45) is 13.8. The van der Waals surface area contributed by atoms with Crippen molar-refractivity contribution in [3.8, 4) is 0 Å². The zero-order chi connectivity index (χ0) is 15.1. The van der Waals surface area contributed by atoms with Crippen molar-refractivity contribution in [1.82, 2.24) is 0 Å². The molecule has 0 saturated carbocycles. The Balaban J connectivity index is 4.11. The van der Waals surface area contributed by atoms with Gasteiger partial charge in [0.25, 0.3) is 0 Å². The van der Waals surface area contributed by atoms with Gasteiger partial charge in [-0.2, -0.15) is 0 Å². The topological polar surface area (TPSA) is 0 Å². The van der Waals surface area contributed by atoms with Gasteiger partial charge in [0.15, 0.2) is 0 Å². The highest BCUT2D eigenvalue weighted by molar-refractivity contribution is 8.76. The minimum Gasteiger partial charge on any atom is -0.125 e. The van der Waals surface area contributed by atoms with Crippen molar-refractivity contribution in [3.05, 3.63) is 0 Å². The maximum absolute atomic E-state index is 6.24. The first-order valence-electron chi connectivity index (χ1n) is 8.64. The van der Waals surface area contributed by atoms with E-state index in [9.17, 15) is 0 Å². The number of unbranched alkanes of at least 4 members (excludes halogenated alkanes) is 6. The summed E-state index contributed by atoms with van der Waals surface area (Å²) in [6.45, 7) is 6.82. The van der Waals surface area contributed by atoms with Gasteiger partial charge in [0, 0.05) is 16.9 Å². The molecule has 0 unspecified atom stereocenters. The highest BCUT2D eigenvalue weighted by Crippen LogP contribution is 2.36. The van der Waals surface area contributed by atoms with Crippen LogP contribution in [0.15, 0.2) is 0 Å². The van der Waals surface area contributed by atoms with Gasteiger partial charge in [0.2, 0.25) is 0 Å². The van der Waals surface area contributed by atoms with E-state index in [1.54, 1.807) is 0 Å². The Bertz CT molecular complexity index is 176. The van der Waals surface area contributed by atoms with E-state index in [0.29, 0.717) is 5.25 Å². The van der Waals surface area contributed by atoms with Crippen LogP contribution in [0.3, 0.4) is 0 Å². The maximum Gasteiger partial charge on any atom is 0.0353 e. The lowest BCUT2D eigenvalue weighted by molar-refractivity contribution is 0.406. The lowest BCUT2D eigenvalue weighted by Gasteiger charge is -2.25. The fraction of sp³-hybridized carbons (Fsp3) is 1.00. The van der Waals surface area contributed by atoms with Crippen LogP contribution in [-0.2, 0) is 0 Å². The lowest BCUT2D eigenvalue weighted by atomic mass is 9.92. The van der Waals surface area contributed by atoms with Crippen molar-refractivity contribution in [1.29, 1.82) is 0 Å². The summed E-state index contributed by atoms with van der Waals surface area (Å²) >= 11 is 6.24. The van der Waals surface area contributed by atoms with E-state index in [1.165, 1.54) is 70.0 Å². The van der Waals surface area contributed by atoms with Crippen LogP contribution >= 0.6 is 33.2 Å². The smallest absolute Gasteiger partial charge is 0.0353 e. The molecule has 0 aromatic heterocycles. The number of hydrogen-bond donors (Lipinski definition) is 0. The van der Waals surface area contributed by atoms with Gasteiger partial charge in [-0.15, -0.1) is 11.6 Å². The predicted molar refractivity (Wildman–Crippen MR) is 101 cm³/mol. The average molecular weight is 339 g/mol. The van der Waals surface area contributed by atoms with Gasteiger partial charge in [0.05, 0.1) is 0 Å². The fourth-order valence-electron chi connectivity index (χ4n) is 2.57. The van der Waals surface area contributed by atoms with Crippen LogP contribution in [-0.4, -0.2) is 16.9 Å². The van der Waals surface area contributed by atoms with E-state index in [-0.39, 0.29) is 0 Å². The van der Waals surface area contributed by atoms with E-state index in [4.69, 9.17) is 11.6 Å². The summed E-state index contributed by atoms with van der Waals surface area (Å²) < 4.78 is 0. The van der Waals surface area contributed by atoms with Crippen molar-refractivity contribution >= 4 is 33.2 Å². The minimum atomic E-state index is 0.657. The molecule has 0 spiro atoms. The summed E-state index contributed by atoms with van der Waals surface area (Å²) in [4.78, 5) is 0. The van der Waals surface area contributed by atoms with Crippen molar-refractivity contribution in [2.24, 2.45) is 5.92 Å². The summed E-state index contributed by atoms with van der Waals surface area (Å²) in [6, 6.07) is 0. The normalized spacial score (nSPS) is 13.1. The van der Waals surface area contributed by atoms with Gasteiger partial charge in [0.1, 0.15) is 0 Å². The zero-order valence-corrected chi connectivity index (χ0v) is 16.2. The molecule has 20 heavy (non-hydrogen) atoms. The maximum atomic E-state index is 6.24. The third-order valence-electron chi connectivity index (χ3n) is 3.84. The van der Waals surface area contributed by atoms with E-state index >= 15 is 0 Å². The van der Waals surface area contributed by atoms with E-state index < -0.39 is 0 Å². The number of halogens is 1. The fourth-order valence-corrected chi connectivity index (χ4v) is 5.63. The van der Waals surface area contributed by atoms with Crippen LogP contribution < -0.4 is 0 Å². The van der Waals surface area contributed by atoms with Gasteiger partial charge >= 0.3 is 0 Å². The Morgan fingerprint density at radius 1 is 0.800 bits per heavy atom. The summed E-state index contributed by atoms with van der Waals surface area (Å²) in [5, 5.41) is 0.657. The van der Waals surface area contributed by atoms with Crippen LogP contribution in [0.2, 0.25) is 0 Å². The second-order valence-corrected chi connectivity index (χ2v) is 8.86. The molecule has 0 aromatic carbocycles. The number of rotatable bonds is 15. The lowest BCUT2D eigenvalue weighted by Crippen LogP contribution is -2.19. The number of hydrogen-bond acceptors (Lipinski definition) is 2. The molecule has 0 fully saturated rings. The molecule has 0 radical (unpaired) electrons. The summed E-state index contributed by atoms with van der Waals surface area (Å²) in [5.41, 5.74) is 0. The van der Waals surface area contributed by atoms with Crippen molar-refractivity contribution in [2.75, 3.05) is 11.6 Å². The second kappa shape index (κ2) is 16.4. The molecule has 0 bridgehead atoms. The van der Waals surface area contributed by atoms with E-state index in [2.05, 4.69) is 20.8 Å². The molecule has 0 N–H and O–H groups in total. The van der Waals surface area contributed by atoms with Crippen molar-refractivity contribution in [3.63, 3.8) is 0 Å². The first-order chi connectivity index (χ1) is 9.79. The first-order valence-corrected chi connectivity index (χ1v) is 11.6. The average Bonchev–Trinajstić information content (AvgIpc) is 2.47. The van der Waals surface area contributed by atoms with Gasteiger partial charge in [-0.25, -0.2) is 0 Å². The quantitative estimate of drug-likeness (QED) is 0.172. The third-order valence-corrected chi connectivity index (χ3v) is 7.39. The highest BCUT2D eigenvalue weighted by Gasteiger charge is 2.20. The molecule has 0 aliphatic carbocycles. The van der Waals surface area contributed by atoms with Gasteiger partial charge in [-0.05, 0) is 18.8 Å². The largest absolute Gasteiger partial charge is 0.125 e. The van der Waals surface area contributed by atoms with Crippen LogP contribution in [0.5, 0.6) is 0 Å². The first kappa shape index (κ1) is 21.0. The molecule has 0 aromatic rings. The Labute approximate surface area is 141 Å². The molecular formula is C17H35ClS2. The standard InChI is InChI=1S/C17H35ClS2/c1-4-7-9-11-13-16(14-12-10-8-5-2)17(15-18)20-19-6-3/h16-17H,4-15H2,1-3H3/t17-/m0/s1. The van der Waals surface area contributed by atoms with Crippen LogP contribution in [0.25, 0.3) is 0 Å². The zero-order valence-electron chi connectivity index (χ0n) is 13.8. The SMILES string of the molecule is CCCCCCC(CCCCCC)[C@H](CCl)SSCC. The van der Waals surface area contributed by atoms with E-state index in [0.717, 1.165) is 11.8 Å². The van der Waals surface area contributed by atoms with Crippen molar-refractivity contribution in [2.45, 2.75) is 90.2 Å². The highest BCUT2D eigenvalue weighted by atomic mass is 35.5. The summed E-state index contributed by atoms with van der Waals surface area (Å²) in [5.74, 6) is 2.85. The Morgan fingerprint density at radius 2 is 1.35 bits per heavy atom. The number of alkyl halides is 1. The molecule has 0 saturated heterocycles. The van der Waals surface area contributed by atoms with Crippen LogP contribution in [0.1, 0.15) is 85.0 Å². The van der Waals surface area contributed by atoms with Gasteiger partial charge in [-0.1, -0.05) is 93.7 Å². The minimum absolute atomic E-state index is 0.657. The molecule has 0 aliphatic rings. The molecule has 3 heteroatoms. The van der Waals surface area contributed by atoms with Gasteiger partial charge < -0.3 is 0 Å². The predicted octanol–water partition coefficient (Wildman–Crippen LogP) is 7.55. The molecule has 0 amide bonds. The molecule has 0 heterocycles. The van der Waals surface area contributed by atoms with E-state index in [1.807, 2.05) is 21.6 Å². The monoisotopic (exact) mass is 338 g/mol. The van der Waals surface area contributed by atoms with Gasteiger partial charge in [-0.3, -0.25) is 0 Å². The summed E-state index contributed by atoms with van der Waals surface area (Å²) in [7, 11) is 4.03. The molecule has 0 rings (SSSR count). The van der Waals surface area contributed by atoms with Crippen LogP contribution in [0, 0.1) is 5.92 Å². The molecular weight excluding hydrogens is 304 g/mol. The molecule has 1 atom stereocenters. The Kier molecular flexibility index (Phi) is 17.2. The third kappa shape index (κ3) is 11.6. The Hall–Kier alpha value is 0.990. The molecule has 122 valence electrons. The molecule has 0 nitrogen and oxygen atoms in total. The Morgan fingerprint density at radius 3 is 1.75 bits per heavy atom.